The second kappa shape index (κ2) is 8.04. The molecule has 1 aliphatic heterocycles. The van der Waals surface area contributed by atoms with Crippen LogP contribution < -0.4 is 0 Å². The zero-order valence-corrected chi connectivity index (χ0v) is 11.0. The maximum absolute atomic E-state index is 10.1. The molecule has 0 saturated carbocycles. The molecule has 3 N–H and O–H groups in total. The molecule has 1 fully saturated rings. The van der Waals surface area contributed by atoms with Gasteiger partial charge in [0.15, 0.2) is 0 Å². The highest BCUT2D eigenvalue weighted by atomic mass is 16.6. The molecule has 1 saturated heterocycles. The zero-order valence-electron chi connectivity index (χ0n) is 11.0. The predicted molar refractivity (Wildman–Crippen MR) is 64.2 cm³/mol. The average molecular weight is 264 g/mol. The van der Waals surface area contributed by atoms with Crippen molar-refractivity contribution < 1.29 is 29.5 Å². The van der Waals surface area contributed by atoms with E-state index in [4.69, 9.17) is 19.3 Å². The largest absolute Gasteiger partial charge is 0.394 e. The Morgan fingerprint density at radius 2 is 1.83 bits per heavy atom. The molecule has 0 aromatic rings. The molecule has 18 heavy (non-hydrogen) atoms. The summed E-state index contributed by atoms with van der Waals surface area (Å²) in [5.41, 5.74) is 0. The van der Waals surface area contributed by atoms with Crippen molar-refractivity contribution in [2.45, 2.75) is 37.8 Å². The highest BCUT2D eigenvalue weighted by Gasteiger charge is 2.43. The van der Waals surface area contributed by atoms with E-state index >= 15 is 0 Å². The summed E-state index contributed by atoms with van der Waals surface area (Å²) < 4.78 is 15.9. The van der Waals surface area contributed by atoms with Crippen LogP contribution in [0.5, 0.6) is 0 Å². The Morgan fingerprint density at radius 3 is 2.39 bits per heavy atom. The summed E-state index contributed by atoms with van der Waals surface area (Å²) in [5, 5.41) is 28.7. The van der Waals surface area contributed by atoms with Gasteiger partial charge in [0, 0.05) is 13.0 Å². The molecule has 6 heteroatoms. The maximum Gasteiger partial charge on any atom is 0.110 e. The fourth-order valence-electron chi connectivity index (χ4n) is 2.33. The van der Waals surface area contributed by atoms with Crippen LogP contribution in [-0.4, -0.2) is 73.3 Å². The summed E-state index contributed by atoms with van der Waals surface area (Å²) in [5.74, 6) is -0.174. The van der Waals surface area contributed by atoms with E-state index in [0.29, 0.717) is 13.0 Å². The van der Waals surface area contributed by atoms with Gasteiger partial charge in [-0.2, -0.15) is 0 Å². The molecule has 1 aliphatic rings. The number of hydrogen-bond donors (Lipinski definition) is 3. The van der Waals surface area contributed by atoms with Crippen LogP contribution in [0.25, 0.3) is 0 Å². The van der Waals surface area contributed by atoms with Gasteiger partial charge in [-0.05, 0) is 6.42 Å². The van der Waals surface area contributed by atoms with Crippen LogP contribution >= 0.6 is 0 Å². The molecule has 108 valence electrons. The summed E-state index contributed by atoms with van der Waals surface area (Å²) >= 11 is 0. The standard InChI is InChI=1S/C12H24O6/c1-3-8-9(7-17-5-4-13)18-10(6-16-2)12(15)11(8)14/h8-15H,3-7H2,1-2H3/t8-,9?,10+,11+,12?/m1/s1. The van der Waals surface area contributed by atoms with Gasteiger partial charge in [0.25, 0.3) is 0 Å². The molecule has 0 aromatic carbocycles. The molecule has 5 atom stereocenters. The lowest BCUT2D eigenvalue weighted by atomic mass is 9.85. The van der Waals surface area contributed by atoms with Crippen molar-refractivity contribution in [1.29, 1.82) is 0 Å². The van der Waals surface area contributed by atoms with Crippen molar-refractivity contribution in [1.82, 2.24) is 0 Å². The van der Waals surface area contributed by atoms with Crippen LogP contribution in [0.15, 0.2) is 0 Å². The normalized spacial score (nSPS) is 36.8. The number of rotatable bonds is 7. The molecule has 0 bridgehead atoms. The molecule has 1 heterocycles. The van der Waals surface area contributed by atoms with Crippen molar-refractivity contribution in [3.63, 3.8) is 0 Å². The van der Waals surface area contributed by atoms with Gasteiger partial charge in [-0.1, -0.05) is 6.92 Å². The van der Waals surface area contributed by atoms with Crippen molar-refractivity contribution in [3.05, 3.63) is 0 Å². The first kappa shape index (κ1) is 15.8. The molecule has 0 radical (unpaired) electrons. The fraction of sp³-hybridized carbons (Fsp3) is 1.00. The minimum Gasteiger partial charge on any atom is -0.394 e. The van der Waals surface area contributed by atoms with Crippen molar-refractivity contribution in [2.24, 2.45) is 5.92 Å². The van der Waals surface area contributed by atoms with Crippen LogP contribution in [0.3, 0.4) is 0 Å². The smallest absolute Gasteiger partial charge is 0.110 e. The topological polar surface area (TPSA) is 88.4 Å². The Labute approximate surface area is 107 Å². The van der Waals surface area contributed by atoms with E-state index in [9.17, 15) is 10.2 Å². The van der Waals surface area contributed by atoms with Crippen molar-refractivity contribution in [3.8, 4) is 0 Å². The first-order valence-corrected chi connectivity index (χ1v) is 6.34. The Kier molecular flexibility index (Phi) is 7.06. The van der Waals surface area contributed by atoms with Gasteiger partial charge in [-0.15, -0.1) is 0 Å². The monoisotopic (exact) mass is 264 g/mol. The first-order chi connectivity index (χ1) is 8.65. The second-order valence-corrected chi connectivity index (χ2v) is 4.52. The fourth-order valence-corrected chi connectivity index (χ4v) is 2.33. The second-order valence-electron chi connectivity index (χ2n) is 4.52. The van der Waals surface area contributed by atoms with Gasteiger partial charge < -0.3 is 29.5 Å². The van der Waals surface area contributed by atoms with Gasteiger partial charge in [0.1, 0.15) is 12.2 Å². The molecule has 1 rings (SSSR count). The van der Waals surface area contributed by atoms with E-state index < -0.39 is 18.3 Å². The molecule has 6 nitrogen and oxygen atoms in total. The van der Waals surface area contributed by atoms with Gasteiger partial charge >= 0.3 is 0 Å². The molecule has 0 aromatic heterocycles. The third-order valence-corrected chi connectivity index (χ3v) is 3.32. The zero-order chi connectivity index (χ0) is 13.5. The quantitative estimate of drug-likeness (QED) is 0.520. The summed E-state index contributed by atoms with van der Waals surface area (Å²) in [6, 6.07) is 0. The van der Waals surface area contributed by atoms with Crippen molar-refractivity contribution >= 4 is 0 Å². The van der Waals surface area contributed by atoms with Crippen LogP contribution in [0.2, 0.25) is 0 Å². The predicted octanol–water partition coefficient (Wildman–Crippen LogP) is -0.843. The number of methoxy groups -OCH3 is 1. The Balaban J connectivity index is 2.60. The highest BCUT2D eigenvalue weighted by molar-refractivity contribution is 4.91. The summed E-state index contributed by atoms with van der Waals surface area (Å²) in [6.07, 6.45) is -1.93. The average Bonchev–Trinajstić information content (AvgIpc) is 2.36. The van der Waals surface area contributed by atoms with Crippen LogP contribution in [-0.2, 0) is 14.2 Å². The van der Waals surface area contributed by atoms with Crippen molar-refractivity contribution in [2.75, 3.05) is 33.5 Å². The van der Waals surface area contributed by atoms with Gasteiger partial charge in [-0.25, -0.2) is 0 Å². The number of hydrogen-bond acceptors (Lipinski definition) is 6. The lowest BCUT2D eigenvalue weighted by molar-refractivity contribution is -0.222. The number of aliphatic hydroxyl groups is 3. The molecule has 0 spiro atoms. The lowest BCUT2D eigenvalue weighted by Crippen LogP contribution is -2.56. The van der Waals surface area contributed by atoms with E-state index in [2.05, 4.69) is 0 Å². The minimum absolute atomic E-state index is 0.0454. The molecule has 2 unspecified atom stereocenters. The van der Waals surface area contributed by atoms with E-state index in [0.717, 1.165) is 0 Å². The van der Waals surface area contributed by atoms with Gasteiger partial charge in [0.2, 0.25) is 0 Å². The minimum atomic E-state index is -0.941. The SMILES string of the molecule is CC[C@@H]1C(COCCO)O[C@@H](COC)C(O)[C@H]1O. The molecular formula is C12H24O6. The summed E-state index contributed by atoms with van der Waals surface area (Å²) in [6.45, 7) is 2.65. The Morgan fingerprint density at radius 1 is 1.11 bits per heavy atom. The van der Waals surface area contributed by atoms with E-state index in [1.54, 1.807) is 0 Å². The summed E-state index contributed by atoms with van der Waals surface area (Å²) in [4.78, 5) is 0. The third-order valence-electron chi connectivity index (χ3n) is 3.32. The number of aliphatic hydroxyl groups excluding tert-OH is 3. The highest BCUT2D eigenvalue weighted by Crippen LogP contribution is 2.29. The molecule has 0 amide bonds. The number of ether oxygens (including phenoxy) is 3. The summed E-state index contributed by atoms with van der Waals surface area (Å²) in [7, 11) is 1.52. The lowest BCUT2D eigenvalue weighted by Gasteiger charge is -2.42. The van der Waals surface area contributed by atoms with E-state index in [1.165, 1.54) is 7.11 Å². The third kappa shape index (κ3) is 3.88. The first-order valence-electron chi connectivity index (χ1n) is 6.34. The van der Waals surface area contributed by atoms with Gasteiger partial charge in [0.05, 0.1) is 38.6 Å². The van der Waals surface area contributed by atoms with E-state index in [-0.39, 0.29) is 31.8 Å². The van der Waals surface area contributed by atoms with Crippen LogP contribution in [0.1, 0.15) is 13.3 Å². The van der Waals surface area contributed by atoms with Crippen LogP contribution in [0, 0.1) is 5.92 Å². The Hall–Kier alpha value is -0.240. The van der Waals surface area contributed by atoms with Gasteiger partial charge in [-0.3, -0.25) is 0 Å². The van der Waals surface area contributed by atoms with Crippen LogP contribution in [0.4, 0.5) is 0 Å². The molecule has 0 aliphatic carbocycles. The molecular weight excluding hydrogens is 240 g/mol. The Bertz CT molecular complexity index is 223. The maximum atomic E-state index is 10.1. The van der Waals surface area contributed by atoms with E-state index in [1.807, 2.05) is 6.92 Å².